The Labute approximate surface area is 120 Å². The number of aromatic nitrogens is 3. The van der Waals surface area contributed by atoms with Crippen LogP contribution in [0, 0.1) is 0 Å². The topological polar surface area (TPSA) is 114 Å². The number of fused-ring (bicyclic) bond motifs is 1. The van der Waals surface area contributed by atoms with E-state index in [-0.39, 0.29) is 23.1 Å². The zero-order chi connectivity index (χ0) is 15.2. The van der Waals surface area contributed by atoms with Crippen LogP contribution >= 0.6 is 0 Å². The van der Waals surface area contributed by atoms with Gasteiger partial charge in [-0.15, -0.1) is 0 Å². The Morgan fingerprint density at radius 3 is 2.86 bits per heavy atom. The Balaban J connectivity index is 2.06. The van der Waals surface area contributed by atoms with Gasteiger partial charge in [-0.2, -0.15) is 5.10 Å². The van der Waals surface area contributed by atoms with Crippen molar-refractivity contribution in [3.63, 3.8) is 0 Å². The van der Waals surface area contributed by atoms with Gasteiger partial charge < -0.3 is 10.4 Å². The highest BCUT2D eigenvalue weighted by Crippen LogP contribution is 2.28. The molecule has 1 aliphatic heterocycles. The summed E-state index contributed by atoms with van der Waals surface area (Å²) in [5, 5.41) is 17.0. The SMILES string of the molecule is Cn1ncc2c(NC3CCS(=O)(=O)C3)c(C(=O)O)cnc21. The van der Waals surface area contributed by atoms with Crippen LogP contribution in [0.15, 0.2) is 12.4 Å². The zero-order valence-electron chi connectivity index (χ0n) is 11.3. The van der Waals surface area contributed by atoms with E-state index < -0.39 is 15.8 Å². The van der Waals surface area contributed by atoms with Gasteiger partial charge in [-0.1, -0.05) is 0 Å². The van der Waals surface area contributed by atoms with E-state index in [2.05, 4.69) is 15.4 Å². The number of carboxylic acid groups (broad SMARTS) is 1. The smallest absolute Gasteiger partial charge is 0.339 e. The van der Waals surface area contributed by atoms with Crippen LogP contribution in [0.2, 0.25) is 0 Å². The first-order valence-corrected chi connectivity index (χ1v) is 8.20. The molecule has 0 aromatic carbocycles. The van der Waals surface area contributed by atoms with Gasteiger partial charge in [-0.3, -0.25) is 4.68 Å². The molecule has 1 saturated heterocycles. The summed E-state index contributed by atoms with van der Waals surface area (Å²) in [6, 6.07) is -0.293. The van der Waals surface area contributed by atoms with E-state index in [0.29, 0.717) is 23.1 Å². The normalized spacial score (nSPS) is 20.7. The fraction of sp³-hybridized carbons (Fsp3) is 0.417. The molecule has 0 bridgehead atoms. The molecule has 2 aromatic rings. The lowest BCUT2D eigenvalue weighted by Gasteiger charge is -2.15. The Morgan fingerprint density at radius 2 is 2.24 bits per heavy atom. The van der Waals surface area contributed by atoms with Gasteiger partial charge in [-0.05, 0) is 6.42 Å². The minimum Gasteiger partial charge on any atom is -0.478 e. The van der Waals surface area contributed by atoms with Crippen LogP contribution in [-0.4, -0.2) is 51.8 Å². The molecule has 0 saturated carbocycles. The van der Waals surface area contributed by atoms with Crippen molar-refractivity contribution in [2.75, 3.05) is 16.8 Å². The fourth-order valence-corrected chi connectivity index (χ4v) is 4.20. The van der Waals surface area contributed by atoms with Gasteiger partial charge in [0.25, 0.3) is 0 Å². The summed E-state index contributed by atoms with van der Waals surface area (Å²) in [6.07, 6.45) is 3.25. The van der Waals surface area contributed by atoms with Gasteiger partial charge in [0.05, 0.1) is 28.8 Å². The lowest BCUT2D eigenvalue weighted by atomic mass is 10.1. The molecule has 3 heterocycles. The maximum absolute atomic E-state index is 11.5. The molecule has 0 spiro atoms. The van der Waals surface area contributed by atoms with E-state index in [1.165, 1.54) is 17.1 Å². The van der Waals surface area contributed by atoms with Gasteiger partial charge >= 0.3 is 5.97 Å². The third-order valence-electron chi connectivity index (χ3n) is 3.57. The Kier molecular flexibility index (Phi) is 3.08. The minimum absolute atomic E-state index is 0.0101. The number of carboxylic acids is 1. The molecule has 8 nitrogen and oxygen atoms in total. The molecule has 1 fully saturated rings. The van der Waals surface area contributed by atoms with Crippen LogP contribution in [0.4, 0.5) is 5.69 Å². The molecule has 0 amide bonds. The predicted molar refractivity (Wildman–Crippen MR) is 76.1 cm³/mol. The Morgan fingerprint density at radius 1 is 1.48 bits per heavy atom. The van der Waals surface area contributed by atoms with Crippen molar-refractivity contribution in [3.8, 4) is 0 Å². The molecule has 21 heavy (non-hydrogen) atoms. The van der Waals surface area contributed by atoms with Crippen molar-refractivity contribution in [1.29, 1.82) is 0 Å². The maximum atomic E-state index is 11.5. The molecular formula is C12H14N4O4S. The van der Waals surface area contributed by atoms with Gasteiger partial charge in [0.15, 0.2) is 15.5 Å². The van der Waals surface area contributed by atoms with Crippen molar-refractivity contribution in [2.45, 2.75) is 12.5 Å². The van der Waals surface area contributed by atoms with E-state index >= 15 is 0 Å². The van der Waals surface area contributed by atoms with Crippen molar-refractivity contribution in [3.05, 3.63) is 18.0 Å². The number of aromatic carboxylic acids is 1. The van der Waals surface area contributed by atoms with E-state index in [4.69, 9.17) is 0 Å². The number of carbonyl (C=O) groups is 1. The number of hydrogen-bond donors (Lipinski definition) is 2. The highest BCUT2D eigenvalue weighted by Gasteiger charge is 2.29. The van der Waals surface area contributed by atoms with Crippen molar-refractivity contribution in [2.24, 2.45) is 7.05 Å². The van der Waals surface area contributed by atoms with Crippen LogP contribution in [0.3, 0.4) is 0 Å². The van der Waals surface area contributed by atoms with Gasteiger partial charge in [0, 0.05) is 19.3 Å². The average molecular weight is 310 g/mol. The number of pyridine rings is 1. The first kappa shape index (κ1) is 13.8. The van der Waals surface area contributed by atoms with Gasteiger partial charge in [-0.25, -0.2) is 18.2 Å². The van der Waals surface area contributed by atoms with Crippen molar-refractivity contribution in [1.82, 2.24) is 14.8 Å². The molecule has 112 valence electrons. The van der Waals surface area contributed by atoms with Crippen LogP contribution in [-0.2, 0) is 16.9 Å². The van der Waals surface area contributed by atoms with E-state index in [0.717, 1.165) is 0 Å². The minimum atomic E-state index is -3.04. The quantitative estimate of drug-likeness (QED) is 0.836. The van der Waals surface area contributed by atoms with Crippen molar-refractivity contribution < 1.29 is 18.3 Å². The molecule has 1 atom stereocenters. The molecule has 0 radical (unpaired) electrons. The third kappa shape index (κ3) is 2.44. The first-order valence-electron chi connectivity index (χ1n) is 6.38. The lowest BCUT2D eigenvalue weighted by Crippen LogP contribution is -2.22. The fourth-order valence-electron chi connectivity index (χ4n) is 2.53. The number of aryl methyl sites for hydroxylation is 1. The van der Waals surface area contributed by atoms with Crippen molar-refractivity contribution >= 4 is 32.5 Å². The summed E-state index contributed by atoms with van der Waals surface area (Å²) in [5.41, 5.74) is 0.936. The number of sulfone groups is 1. The second-order valence-electron chi connectivity index (χ2n) is 5.10. The third-order valence-corrected chi connectivity index (χ3v) is 5.34. The summed E-state index contributed by atoms with van der Waals surface area (Å²) in [4.78, 5) is 15.4. The summed E-state index contributed by atoms with van der Waals surface area (Å²) in [7, 11) is -1.34. The first-order chi connectivity index (χ1) is 9.87. The van der Waals surface area contributed by atoms with Gasteiger partial charge in [0.2, 0.25) is 0 Å². The molecule has 2 N–H and O–H groups in total. The number of hydrogen-bond acceptors (Lipinski definition) is 6. The van der Waals surface area contributed by atoms with E-state index in [1.54, 1.807) is 7.05 Å². The molecule has 0 aliphatic carbocycles. The number of anilines is 1. The monoisotopic (exact) mass is 310 g/mol. The van der Waals surface area contributed by atoms with Gasteiger partial charge in [0.1, 0.15) is 5.56 Å². The predicted octanol–water partition coefficient (Wildman–Crippen LogP) is 0.266. The summed E-state index contributed by atoms with van der Waals surface area (Å²) in [5.74, 6) is -0.985. The van der Waals surface area contributed by atoms with E-state index in [1.807, 2.05) is 0 Å². The molecule has 3 rings (SSSR count). The maximum Gasteiger partial charge on any atom is 0.339 e. The molecule has 1 unspecified atom stereocenters. The highest BCUT2D eigenvalue weighted by atomic mass is 32.2. The second-order valence-corrected chi connectivity index (χ2v) is 7.33. The number of nitrogens with zero attached hydrogens (tertiary/aromatic N) is 3. The Bertz CT molecular complexity index is 827. The van der Waals surface area contributed by atoms with Crippen LogP contribution in [0.5, 0.6) is 0 Å². The largest absolute Gasteiger partial charge is 0.478 e. The lowest BCUT2D eigenvalue weighted by molar-refractivity contribution is 0.0697. The second kappa shape index (κ2) is 4.69. The van der Waals surface area contributed by atoms with Crippen LogP contribution in [0.25, 0.3) is 11.0 Å². The standard InChI is InChI=1S/C12H14N4O4S/c1-16-11-8(5-14-16)10(9(4-13-11)12(17)18)15-7-2-3-21(19,20)6-7/h4-5,7H,2-3,6H2,1H3,(H,13,15)(H,17,18). The Hall–Kier alpha value is -2.16. The molecule has 1 aliphatic rings. The molecular weight excluding hydrogens is 296 g/mol. The molecule has 9 heteroatoms. The van der Waals surface area contributed by atoms with E-state index in [9.17, 15) is 18.3 Å². The number of nitrogens with one attached hydrogen (secondary N) is 1. The summed E-state index contributed by atoms with van der Waals surface area (Å²) in [6.45, 7) is 0. The number of rotatable bonds is 3. The zero-order valence-corrected chi connectivity index (χ0v) is 12.1. The summed E-state index contributed by atoms with van der Waals surface area (Å²) >= 11 is 0. The van der Waals surface area contributed by atoms with Crippen LogP contribution in [0.1, 0.15) is 16.8 Å². The average Bonchev–Trinajstić information content (AvgIpc) is 2.93. The highest BCUT2D eigenvalue weighted by molar-refractivity contribution is 7.91. The molecule has 2 aromatic heterocycles. The summed E-state index contributed by atoms with van der Waals surface area (Å²) < 4.78 is 24.6. The van der Waals surface area contributed by atoms with Crippen LogP contribution < -0.4 is 5.32 Å².